The molecule has 1 aromatic heterocycles. The van der Waals surface area contributed by atoms with Crippen LogP contribution in [0.4, 0.5) is 0 Å². The highest BCUT2D eigenvalue weighted by Crippen LogP contribution is 2.56. The fraction of sp³-hybridized carbons (Fsp3) is 0.241. The van der Waals surface area contributed by atoms with Crippen LogP contribution in [0, 0.1) is 19.8 Å². The minimum atomic E-state index is -0.309. The zero-order valence-electron chi connectivity index (χ0n) is 18.8. The molecular formula is C29H31NS. The molecule has 3 aromatic carbocycles. The number of hydrogen-bond acceptors (Lipinski definition) is 1. The number of aromatic amines is 1. The molecule has 0 radical (unpaired) electrons. The molecule has 0 fully saturated rings. The van der Waals surface area contributed by atoms with Gasteiger partial charge in [0.1, 0.15) is 0 Å². The lowest BCUT2D eigenvalue weighted by Crippen LogP contribution is -2.28. The van der Waals surface area contributed by atoms with Crippen molar-refractivity contribution < 1.29 is 0 Å². The topological polar surface area (TPSA) is 15.8 Å². The van der Waals surface area contributed by atoms with Crippen LogP contribution in [0.2, 0.25) is 0 Å². The summed E-state index contributed by atoms with van der Waals surface area (Å²) in [7, 11) is 0. The van der Waals surface area contributed by atoms with Gasteiger partial charge in [0.05, 0.1) is 4.75 Å². The molecule has 0 saturated heterocycles. The molecule has 0 amide bonds. The Bertz CT molecular complexity index is 1000. The fourth-order valence-electron chi connectivity index (χ4n) is 4.51. The smallest absolute Gasteiger partial charge is 0.0913 e. The average Bonchev–Trinajstić information content (AvgIpc) is 3.14. The molecule has 0 aliphatic heterocycles. The van der Waals surface area contributed by atoms with Crippen molar-refractivity contribution >= 4 is 11.8 Å². The second-order valence-electron chi connectivity index (χ2n) is 8.59. The number of aromatic nitrogens is 1. The van der Waals surface area contributed by atoms with Crippen molar-refractivity contribution in [1.29, 1.82) is 0 Å². The summed E-state index contributed by atoms with van der Waals surface area (Å²) >= 11 is 2.07. The molecule has 2 heteroatoms. The molecule has 31 heavy (non-hydrogen) atoms. The van der Waals surface area contributed by atoms with Gasteiger partial charge in [0.2, 0.25) is 0 Å². The summed E-state index contributed by atoms with van der Waals surface area (Å²) in [6.07, 6.45) is 0. The third kappa shape index (κ3) is 4.22. The number of H-pyrrole nitrogens is 1. The van der Waals surface area contributed by atoms with Gasteiger partial charge in [-0.15, -0.1) is 11.8 Å². The zero-order valence-corrected chi connectivity index (χ0v) is 19.6. The van der Waals surface area contributed by atoms with Crippen LogP contribution in [-0.4, -0.2) is 4.98 Å². The van der Waals surface area contributed by atoms with E-state index in [9.17, 15) is 0 Å². The van der Waals surface area contributed by atoms with Gasteiger partial charge in [-0.05, 0) is 48.1 Å². The van der Waals surface area contributed by atoms with E-state index in [1.165, 1.54) is 33.6 Å². The van der Waals surface area contributed by atoms with E-state index in [1.54, 1.807) is 0 Å². The van der Waals surface area contributed by atoms with Crippen LogP contribution in [0.3, 0.4) is 0 Å². The average molecular weight is 426 g/mol. The predicted octanol–water partition coefficient (Wildman–Crippen LogP) is 8.05. The molecule has 1 nitrogen and oxygen atoms in total. The van der Waals surface area contributed by atoms with Crippen molar-refractivity contribution in [1.82, 2.24) is 4.98 Å². The molecular weight excluding hydrogens is 394 g/mol. The van der Waals surface area contributed by atoms with Gasteiger partial charge < -0.3 is 4.98 Å². The van der Waals surface area contributed by atoms with Crippen molar-refractivity contribution in [2.75, 3.05) is 0 Å². The van der Waals surface area contributed by atoms with E-state index < -0.39 is 0 Å². The lowest BCUT2D eigenvalue weighted by atomic mass is 9.84. The third-order valence-corrected chi connectivity index (χ3v) is 8.06. The molecule has 0 aliphatic carbocycles. The lowest BCUT2D eigenvalue weighted by molar-refractivity contribution is 0.624. The van der Waals surface area contributed by atoms with Crippen LogP contribution in [0.25, 0.3) is 0 Å². The van der Waals surface area contributed by atoms with Crippen molar-refractivity contribution in [3.8, 4) is 0 Å². The van der Waals surface area contributed by atoms with Gasteiger partial charge in [0.15, 0.2) is 0 Å². The molecule has 1 atom stereocenters. The van der Waals surface area contributed by atoms with Crippen LogP contribution in [0.15, 0.2) is 97.1 Å². The number of rotatable bonds is 7. The second-order valence-corrected chi connectivity index (χ2v) is 9.95. The van der Waals surface area contributed by atoms with Crippen LogP contribution >= 0.6 is 11.8 Å². The third-order valence-electron chi connectivity index (χ3n) is 5.95. The van der Waals surface area contributed by atoms with E-state index in [2.05, 4.69) is 142 Å². The first-order chi connectivity index (χ1) is 15.0. The molecule has 1 N–H and O–H groups in total. The maximum absolute atomic E-state index is 3.53. The van der Waals surface area contributed by atoms with Crippen molar-refractivity contribution in [3.05, 3.63) is 131 Å². The number of aryl methyl sites for hydroxylation is 2. The normalized spacial score (nSPS) is 12.8. The zero-order chi connectivity index (χ0) is 21.8. The van der Waals surface area contributed by atoms with E-state index in [1.807, 2.05) is 0 Å². The van der Waals surface area contributed by atoms with Gasteiger partial charge in [-0.1, -0.05) is 105 Å². The Morgan fingerprint density at radius 2 is 1.10 bits per heavy atom. The summed E-state index contributed by atoms with van der Waals surface area (Å²) in [5.74, 6) is 0.481. The Morgan fingerprint density at radius 1 is 0.677 bits per heavy atom. The SMILES string of the molecule is Cc1cc(C(SC(c2ccccc2)(c2ccccc2)c2ccccc2)C(C)C)c(C)[nH]1. The van der Waals surface area contributed by atoms with Crippen LogP contribution < -0.4 is 0 Å². The quantitative estimate of drug-likeness (QED) is 0.296. The van der Waals surface area contributed by atoms with Gasteiger partial charge in [0, 0.05) is 16.6 Å². The first-order valence-corrected chi connectivity index (χ1v) is 11.9. The van der Waals surface area contributed by atoms with E-state index in [0.717, 1.165) is 0 Å². The summed E-state index contributed by atoms with van der Waals surface area (Å²) in [6, 6.07) is 35.3. The predicted molar refractivity (Wildman–Crippen MR) is 135 cm³/mol. The molecule has 0 saturated carbocycles. The lowest BCUT2D eigenvalue weighted by Gasteiger charge is -2.39. The summed E-state index contributed by atoms with van der Waals surface area (Å²) in [5, 5.41) is 0.338. The van der Waals surface area contributed by atoms with E-state index in [0.29, 0.717) is 11.2 Å². The van der Waals surface area contributed by atoms with Gasteiger partial charge >= 0.3 is 0 Å². The highest BCUT2D eigenvalue weighted by molar-refractivity contribution is 8.00. The van der Waals surface area contributed by atoms with Crippen LogP contribution in [0.1, 0.15) is 52.7 Å². The minimum absolute atomic E-state index is 0.309. The maximum atomic E-state index is 3.53. The molecule has 0 bridgehead atoms. The molecule has 158 valence electrons. The Hall–Kier alpha value is -2.71. The molecule has 1 unspecified atom stereocenters. The van der Waals surface area contributed by atoms with E-state index >= 15 is 0 Å². The van der Waals surface area contributed by atoms with Crippen molar-refractivity contribution in [2.45, 2.75) is 37.7 Å². The number of hydrogen-bond donors (Lipinski definition) is 1. The first kappa shape index (κ1) is 21.5. The monoisotopic (exact) mass is 425 g/mol. The number of thioether (sulfide) groups is 1. The van der Waals surface area contributed by atoms with E-state index in [4.69, 9.17) is 0 Å². The van der Waals surface area contributed by atoms with Gasteiger partial charge in [-0.3, -0.25) is 0 Å². The molecule has 0 spiro atoms. The summed E-state index contributed by atoms with van der Waals surface area (Å²) in [6.45, 7) is 9.03. The standard InChI is InChI=1S/C29H31NS/c1-21(2)28(27-20-22(3)30-23(27)4)31-29(24-14-8-5-9-15-24,25-16-10-6-11-17-25)26-18-12-7-13-19-26/h5-21,28,30H,1-4H3. The van der Waals surface area contributed by atoms with Crippen molar-refractivity contribution in [3.63, 3.8) is 0 Å². The van der Waals surface area contributed by atoms with Crippen LogP contribution in [-0.2, 0) is 4.75 Å². The number of nitrogens with one attached hydrogen (secondary N) is 1. The Labute approximate surface area is 190 Å². The maximum Gasteiger partial charge on any atom is 0.0913 e. The summed E-state index contributed by atoms with van der Waals surface area (Å²) in [4.78, 5) is 3.53. The second kappa shape index (κ2) is 9.20. The Balaban J connectivity index is 1.98. The van der Waals surface area contributed by atoms with Gasteiger partial charge in [-0.2, -0.15) is 0 Å². The first-order valence-electron chi connectivity index (χ1n) is 11.0. The molecule has 1 heterocycles. The van der Waals surface area contributed by atoms with E-state index in [-0.39, 0.29) is 4.75 Å². The highest BCUT2D eigenvalue weighted by atomic mass is 32.2. The summed E-state index contributed by atoms with van der Waals surface area (Å²) in [5.41, 5.74) is 7.84. The Morgan fingerprint density at radius 3 is 1.42 bits per heavy atom. The largest absolute Gasteiger partial charge is 0.362 e. The van der Waals surface area contributed by atoms with Gasteiger partial charge in [-0.25, -0.2) is 0 Å². The highest BCUT2D eigenvalue weighted by Gasteiger charge is 2.40. The molecule has 4 rings (SSSR count). The molecule has 0 aliphatic rings. The molecule has 4 aromatic rings. The van der Waals surface area contributed by atoms with Gasteiger partial charge in [0.25, 0.3) is 0 Å². The number of benzene rings is 3. The van der Waals surface area contributed by atoms with Crippen molar-refractivity contribution in [2.24, 2.45) is 5.92 Å². The Kier molecular flexibility index (Phi) is 6.38. The fourth-order valence-corrected chi connectivity index (χ4v) is 6.35. The summed E-state index contributed by atoms with van der Waals surface area (Å²) < 4.78 is -0.309. The van der Waals surface area contributed by atoms with Crippen LogP contribution in [0.5, 0.6) is 0 Å². The minimum Gasteiger partial charge on any atom is -0.362 e.